The first-order valence-electron chi connectivity index (χ1n) is 7.09. The maximum absolute atomic E-state index is 13.5. The molecule has 0 aliphatic carbocycles. The fourth-order valence-corrected chi connectivity index (χ4v) is 2.82. The van der Waals surface area contributed by atoms with E-state index in [1.165, 1.54) is 24.5 Å². The van der Waals surface area contributed by atoms with Gasteiger partial charge in [-0.3, -0.25) is 9.78 Å². The third-order valence-electron chi connectivity index (χ3n) is 3.72. The van der Waals surface area contributed by atoms with Gasteiger partial charge in [-0.25, -0.2) is 0 Å². The first-order valence-corrected chi connectivity index (χ1v) is 7.89. The largest absolute Gasteiger partial charge is 0.438 e. The van der Waals surface area contributed by atoms with Gasteiger partial charge in [-0.15, -0.1) is 0 Å². The van der Waals surface area contributed by atoms with E-state index in [0.29, 0.717) is 10.0 Å². The van der Waals surface area contributed by atoms with Crippen LogP contribution in [0.5, 0.6) is 0 Å². The molecule has 9 heteroatoms. The molecule has 1 amide bonds. The highest BCUT2D eigenvalue weighted by atomic mass is 79.9. The van der Waals surface area contributed by atoms with Crippen molar-refractivity contribution < 1.29 is 23.1 Å². The number of carbonyl (C=O) groups excluding carboxylic acids is 1. The van der Waals surface area contributed by atoms with E-state index in [1.54, 1.807) is 24.3 Å². The van der Waals surface area contributed by atoms with Crippen molar-refractivity contribution in [2.75, 3.05) is 0 Å². The number of aromatic nitrogens is 1. The van der Waals surface area contributed by atoms with Crippen LogP contribution in [-0.2, 0) is 0 Å². The Hall–Kier alpha value is -2.26. The number of aliphatic hydroxyl groups is 1. The van der Waals surface area contributed by atoms with Crippen LogP contribution in [0.3, 0.4) is 0 Å². The summed E-state index contributed by atoms with van der Waals surface area (Å²) >= 11 is 3.23. The Balaban J connectivity index is 2.06. The van der Waals surface area contributed by atoms with Gasteiger partial charge in [0, 0.05) is 22.4 Å². The van der Waals surface area contributed by atoms with Gasteiger partial charge in [0.15, 0.2) is 0 Å². The van der Waals surface area contributed by atoms with Crippen molar-refractivity contribution in [1.82, 2.24) is 9.99 Å². The van der Waals surface area contributed by atoms with Crippen molar-refractivity contribution in [2.24, 2.45) is 5.10 Å². The van der Waals surface area contributed by atoms with Crippen molar-refractivity contribution in [3.63, 3.8) is 0 Å². The molecule has 0 saturated heterocycles. The van der Waals surface area contributed by atoms with Crippen molar-refractivity contribution in [1.29, 1.82) is 0 Å². The van der Waals surface area contributed by atoms with E-state index in [4.69, 9.17) is 0 Å². The van der Waals surface area contributed by atoms with E-state index in [-0.39, 0.29) is 16.3 Å². The maximum Gasteiger partial charge on any atom is 0.438 e. The Kier molecular flexibility index (Phi) is 4.38. The predicted molar refractivity (Wildman–Crippen MR) is 86.7 cm³/mol. The monoisotopic (exact) mass is 413 g/mol. The standard InChI is InChI=1S/C16H11BrF3N3O2/c17-12-3-1-2-11(8-12)13-9-15(25,16(18,19)20)23(22-13)14(24)10-4-6-21-7-5-10/h1-8,25H,9H2/t15-/m1/s1. The maximum atomic E-state index is 13.5. The molecule has 1 aliphatic rings. The van der Waals surface area contributed by atoms with Gasteiger partial charge < -0.3 is 5.11 Å². The number of nitrogens with zero attached hydrogens (tertiary/aromatic N) is 3. The summed E-state index contributed by atoms with van der Waals surface area (Å²) in [5.74, 6) is -1.06. The quantitative estimate of drug-likeness (QED) is 0.820. The minimum atomic E-state index is -5.08. The molecule has 0 fully saturated rings. The third kappa shape index (κ3) is 3.16. The number of alkyl halides is 3. The molecule has 25 heavy (non-hydrogen) atoms. The molecule has 0 bridgehead atoms. The summed E-state index contributed by atoms with van der Waals surface area (Å²) < 4.78 is 41.1. The van der Waals surface area contributed by atoms with Crippen LogP contribution in [-0.4, -0.2) is 38.6 Å². The predicted octanol–water partition coefficient (Wildman–Crippen LogP) is 3.35. The van der Waals surface area contributed by atoms with Crippen LogP contribution < -0.4 is 0 Å². The number of carbonyl (C=O) groups is 1. The Morgan fingerprint density at radius 3 is 2.52 bits per heavy atom. The average molecular weight is 414 g/mol. The molecule has 3 rings (SSSR count). The molecule has 0 spiro atoms. The van der Waals surface area contributed by atoms with Gasteiger partial charge in [-0.1, -0.05) is 28.1 Å². The molecular weight excluding hydrogens is 403 g/mol. The van der Waals surface area contributed by atoms with Crippen LogP contribution in [0.4, 0.5) is 13.2 Å². The number of hydrogen-bond donors (Lipinski definition) is 1. The van der Waals surface area contributed by atoms with Crippen LogP contribution in [0.25, 0.3) is 0 Å². The van der Waals surface area contributed by atoms with E-state index >= 15 is 0 Å². The van der Waals surface area contributed by atoms with Crippen molar-refractivity contribution in [3.05, 3.63) is 64.4 Å². The molecular formula is C16H11BrF3N3O2. The van der Waals surface area contributed by atoms with Gasteiger partial charge in [0.05, 0.1) is 12.1 Å². The highest BCUT2D eigenvalue weighted by molar-refractivity contribution is 9.10. The molecule has 5 nitrogen and oxygen atoms in total. The first kappa shape index (κ1) is 17.6. The topological polar surface area (TPSA) is 65.8 Å². The number of hydrogen-bond acceptors (Lipinski definition) is 4. The zero-order chi connectivity index (χ0) is 18.2. The molecule has 1 N–H and O–H groups in total. The Morgan fingerprint density at radius 2 is 1.92 bits per heavy atom. The van der Waals surface area contributed by atoms with Crippen molar-refractivity contribution in [2.45, 2.75) is 18.3 Å². The lowest BCUT2D eigenvalue weighted by Crippen LogP contribution is -2.56. The van der Waals surface area contributed by atoms with Gasteiger partial charge >= 0.3 is 6.18 Å². The fraction of sp³-hybridized carbons (Fsp3) is 0.188. The summed E-state index contributed by atoms with van der Waals surface area (Å²) in [6.45, 7) is 0. The summed E-state index contributed by atoms with van der Waals surface area (Å²) in [6.07, 6.45) is -3.39. The second-order valence-electron chi connectivity index (χ2n) is 5.40. The summed E-state index contributed by atoms with van der Waals surface area (Å²) in [7, 11) is 0. The molecule has 1 aromatic carbocycles. The van der Waals surface area contributed by atoms with Gasteiger partial charge in [-0.05, 0) is 29.8 Å². The lowest BCUT2D eigenvalue weighted by molar-refractivity contribution is -0.297. The van der Waals surface area contributed by atoms with E-state index in [1.807, 2.05) is 0 Å². The second kappa shape index (κ2) is 6.23. The summed E-state index contributed by atoms with van der Waals surface area (Å²) in [4.78, 5) is 16.2. The lowest BCUT2D eigenvalue weighted by Gasteiger charge is -2.32. The molecule has 0 unspecified atom stereocenters. The number of pyridine rings is 1. The van der Waals surface area contributed by atoms with E-state index in [9.17, 15) is 23.1 Å². The molecule has 2 heterocycles. The molecule has 1 atom stereocenters. The van der Waals surface area contributed by atoms with E-state index < -0.39 is 24.2 Å². The minimum absolute atomic E-state index is 0.0384. The minimum Gasteiger partial charge on any atom is -0.362 e. The van der Waals surface area contributed by atoms with Crippen LogP contribution in [0.15, 0.2) is 58.4 Å². The first-order chi connectivity index (χ1) is 11.7. The van der Waals surface area contributed by atoms with Gasteiger partial charge in [0.25, 0.3) is 11.6 Å². The zero-order valence-corrected chi connectivity index (χ0v) is 14.1. The third-order valence-corrected chi connectivity index (χ3v) is 4.21. The van der Waals surface area contributed by atoms with Crippen LogP contribution in [0.2, 0.25) is 0 Å². The molecule has 0 saturated carbocycles. The molecule has 2 aromatic rings. The number of benzene rings is 1. The number of halogens is 4. The summed E-state index contributed by atoms with van der Waals surface area (Å²) in [5, 5.41) is 14.1. The normalized spacial score (nSPS) is 20.5. The Bertz CT molecular complexity index is 842. The van der Waals surface area contributed by atoms with E-state index in [0.717, 1.165) is 0 Å². The fourth-order valence-electron chi connectivity index (χ4n) is 2.43. The highest BCUT2D eigenvalue weighted by Crippen LogP contribution is 2.42. The summed E-state index contributed by atoms with van der Waals surface area (Å²) in [6, 6.07) is 8.96. The van der Waals surface area contributed by atoms with Gasteiger partial charge in [-0.2, -0.15) is 23.3 Å². The average Bonchev–Trinajstić information content (AvgIpc) is 2.94. The SMILES string of the molecule is O=C(c1ccncc1)N1N=C(c2cccc(Br)c2)C[C@@]1(O)C(F)(F)F. The zero-order valence-electron chi connectivity index (χ0n) is 12.5. The van der Waals surface area contributed by atoms with Crippen molar-refractivity contribution >= 4 is 27.5 Å². The van der Waals surface area contributed by atoms with Gasteiger partial charge in [0.2, 0.25) is 0 Å². The molecule has 1 aliphatic heterocycles. The lowest BCUT2D eigenvalue weighted by atomic mass is 10.0. The molecule has 0 radical (unpaired) electrons. The van der Waals surface area contributed by atoms with E-state index in [2.05, 4.69) is 26.0 Å². The number of amides is 1. The second-order valence-corrected chi connectivity index (χ2v) is 6.32. The Labute approximate surface area is 148 Å². The van der Waals surface area contributed by atoms with Gasteiger partial charge in [0.1, 0.15) is 0 Å². The number of hydrazone groups is 1. The van der Waals surface area contributed by atoms with Crippen LogP contribution >= 0.6 is 15.9 Å². The highest BCUT2D eigenvalue weighted by Gasteiger charge is 2.63. The Morgan fingerprint density at radius 1 is 1.24 bits per heavy atom. The van der Waals surface area contributed by atoms with Crippen molar-refractivity contribution in [3.8, 4) is 0 Å². The molecule has 130 valence electrons. The number of rotatable bonds is 2. The molecule has 1 aromatic heterocycles. The summed E-state index contributed by atoms with van der Waals surface area (Å²) in [5.41, 5.74) is -3.13. The smallest absolute Gasteiger partial charge is 0.362 e. The van der Waals surface area contributed by atoms with Crippen LogP contribution in [0.1, 0.15) is 22.3 Å². The van der Waals surface area contributed by atoms with Crippen LogP contribution in [0, 0.1) is 0 Å².